The maximum atomic E-state index is 10.7. The van der Waals surface area contributed by atoms with Crippen molar-refractivity contribution < 1.29 is 4.79 Å². The molecule has 0 aliphatic heterocycles. The summed E-state index contributed by atoms with van der Waals surface area (Å²) in [6.07, 6.45) is 4.37. The summed E-state index contributed by atoms with van der Waals surface area (Å²) in [5.74, 6) is 0. The fourth-order valence-corrected chi connectivity index (χ4v) is 1.46. The summed E-state index contributed by atoms with van der Waals surface area (Å²) in [5, 5.41) is 2.03. The largest absolute Gasteiger partial charge is 0.298 e. The van der Waals surface area contributed by atoms with E-state index in [2.05, 4.69) is 4.98 Å². The highest BCUT2D eigenvalue weighted by atomic mass is 16.1. The van der Waals surface area contributed by atoms with Gasteiger partial charge in [-0.3, -0.25) is 9.78 Å². The Labute approximate surface area is 76.2 Å². The van der Waals surface area contributed by atoms with Crippen LogP contribution in [-0.4, -0.2) is 11.3 Å². The number of nitrogens with zero attached hydrogens (tertiary/aromatic N) is 1. The maximum absolute atomic E-state index is 10.7. The Morgan fingerprint density at radius 2 is 2.08 bits per heavy atom. The molecule has 1 aromatic heterocycles. The third kappa shape index (κ3) is 1.20. The summed E-state index contributed by atoms with van der Waals surface area (Å²) < 4.78 is 0. The van der Waals surface area contributed by atoms with Crippen LogP contribution in [0.2, 0.25) is 0 Å². The monoisotopic (exact) mass is 171 g/mol. The molecule has 64 valence electrons. The summed E-state index contributed by atoms with van der Waals surface area (Å²) in [5.41, 5.74) is 1.87. The Kier molecular flexibility index (Phi) is 1.81. The number of aryl methyl sites for hydroxylation is 1. The predicted molar refractivity (Wildman–Crippen MR) is 51.9 cm³/mol. The molecule has 0 aliphatic carbocycles. The van der Waals surface area contributed by atoms with Crippen LogP contribution in [0, 0.1) is 6.92 Å². The van der Waals surface area contributed by atoms with Gasteiger partial charge in [-0.25, -0.2) is 0 Å². The van der Waals surface area contributed by atoms with Crippen molar-refractivity contribution in [1.82, 2.24) is 4.98 Å². The smallest absolute Gasteiger partial charge is 0.150 e. The van der Waals surface area contributed by atoms with Gasteiger partial charge in [-0.1, -0.05) is 12.1 Å². The number of aldehydes is 1. The standard InChI is InChI=1S/C11H9NO/c1-8-2-3-9(7-13)10-4-5-12-6-11(8)10/h2-7H,1H3. The highest BCUT2D eigenvalue weighted by Gasteiger charge is 2.01. The highest BCUT2D eigenvalue weighted by molar-refractivity contribution is 5.98. The molecular weight excluding hydrogens is 162 g/mol. The number of rotatable bonds is 1. The molecule has 0 saturated carbocycles. The minimum Gasteiger partial charge on any atom is -0.298 e. The molecule has 1 aromatic carbocycles. The first kappa shape index (κ1) is 7.92. The third-order valence-corrected chi connectivity index (χ3v) is 2.20. The van der Waals surface area contributed by atoms with Crippen molar-refractivity contribution in [3.8, 4) is 0 Å². The fraction of sp³-hybridized carbons (Fsp3) is 0.0909. The van der Waals surface area contributed by atoms with Crippen molar-refractivity contribution in [2.75, 3.05) is 0 Å². The van der Waals surface area contributed by atoms with Crippen molar-refractivity contribution in [1.29, 1.82) is 0 Å². The number of fused-ring (bicyclic) bond motifs is 1. The molecule has 0 spiro atoms. The van der Waals surface area contributed by atoms with Gasteiger partial charge < -0.3 is 0 Å². The topological polar surface area (TPSA) is 30.0 Å². The molecule has 0 bridgehead atoms. The van der Waals surface area contributed by atoms with Crippen LogP contribution >= 0.6 is 0 Å². The Bertz CT molecular complexity index is 463. The van der Waals surface area contributed by atoms with E-state index in [4.69, 9.17) is 0 Å². The van der Waals surface area contributed by atoms with Crippen LogP contribution in [0.25, 0.3) is 10.8 Å². The lowest BCUT2D eigenvalue weighted by Gasteiger charge is -2.02. The van der Waals surface area contributed by atoms with E-state index in [9.17, 15) is 4.79 Å². The molecule has 0 radical (unpaired) electrons. The molecule has 13 heavy (non-hydrogen) atoms. The zero-order valence-electron chi connectivity index (χ0n) is 7.32. The van der Waals surface area contributed by atoms with Gasteiger partial charge in [-0.15, -0.1) is 0 Å². The van der Waals surface area contributed by atoms with Crippen molar-refractivity contribution in [2.24, 2.45) is 0 Å². The normalized spacial score (nSPS) is 10.2. The Balaban J connectivity index is 2.92. The van der Waals surface area contributed by atoms with Gasteiger partial charge in [0.2, 0.25) is 0 Å². The molecule has 1 heterocycles. The zero-order chi connectivity index (χ0) is 9.26. The van der Waals surface area contributed by atoms with Gasteiger partial charge in [0.15, 0.2) is 6.29 Å². The second-order valence-electron chi connectivity index (χ2n) is 3.01. The molecule has 2 heteroatoms. The highest BCUT2D eigenvalue weighted by Crippen LogP contribution is 2.19. The molecule has 0 unspecified atom stereocenters. The van der Waals surface area contributed by atoms with Crippen LogP contribution in [0.5, 0.6) is 0 Å². The number of carbonyl (C=O) groups is 1. The summed E-state index contributed by atoms with van der Waals surface area (Å²) in [4.78, 5) is 14.7. The minimum atomic E-state index is 0.725. The number of hydrogen-bond donors (Lipinski definition) is 0. The number of carbonyl (C=O) groups excluding carboxylic acids is 1. The van der Waals surface area contributed by atoms with E-state index in [0.29, 0.717) is 0 Å². The number of pyridine rings is 1. The molecule has 0 atom stereocenters. The first-order chi connectivity index (χ1) is 6.33. The van der Waals surface area contributed by atoms with E-state index in [-0.39, 0.29) is 0 Å². The minimum absolute atomic E-state index is 0.725. The zero-order valence-corrected chi connectivity index (χ0v) is 7.32. The van der Waals surface area contributed by atoms with E-state index < -0.39 is 0 Å². The van der Waals surface area contributed by atoms with E-state index in [1.54, 1.807) is 12.4 Å². The van der Waals surface area contributed by atoms with Crippen LogP contribution < -0.4 is 0 Å². The van der Waals surface area contributed by atoms with Crippen LogP contribution in [-0.2, 0) is 0 Å². The number of aromatic nitrogens is 1. The molecule has 0 aliphatic rings. The summed E-state index contributed by atoms with van der Waals surface area (Å²) in [7, 11) is 0. The summed E-state index contributed by atoms with van der Waals surface area (Å²) in [6, 6.07) is 5.64. The molecule has 0 N–H and O–H groups in total. The Morgan fingerprint density at radius 1 is 1.23 bits per heavy atom. The molecular formula is C11H9NO. The van der Waals surface area contributed by atoms with E-state index in [0.717, 1.165) is 28.2 Å². The summed E-state index contributed by atoms with van der Waals surface area (Å²) in [6.45, 7) is 2.01. The number of hydrogen-bond acceptors (Lipinski definition) is 2. The van der Waals surface area contributed by atoms with Crippen LogP contribution in [0.3, 0.4) is 0 Å². The number of benzene rings is 1. The van der Waals surface area contributed by atoms with Crippen molar-refractivity contribution >= 4 is 17.1 Å². The van der Waals surface area contributed by atoms with E-state index in [1.165, 1.54) is 0 Å². The lowest BCUT2D eigenvalue weighted by atomic mass is 10.0. The first-order valence-corrected chi connectivity index (χ1v) is 4.11. The molecule has 2 nitrogen and oxygen atoms in total. The van der Waals surface area contributed by atoms with Crippen LogP contribution in [0.4, 0.5) is 0 Å². The van der Waals surface area contributed by atoms with Crippen LogP contribution in [0.1, 0.15) is 15.9 Å². The molecule has 0 fully saturated rings. The first-order valence-electron chi connectivity index (χ1n) is 4.11. The molecule has 0 amide bonds. The summed E-state index contributed by atoms with van der Waals surface area (Å²) >= 11 is 0. The quantitative estimate of drug-likeness (QED) is 0.616. The van der Waals surface area contributed by atoms with Gasteiger partial charge >= 0.3 is 0 Å². The average molecular weight is 171 g/mol. The predicted octanol–water partition coefficient (Wildman–Crippen LogP) is 2.36. The fourth-order valence-electron chi connectivity index (χ4n) is 1.46. The molecule has 2 aromatic rings. The second kappa shape index (κ2) is 2.98. The van der Waals surface area contributed by atoms with Gasteiger partial charge in [-0.2, -0.15) is 0 Å². The van der Waals surface area contributed by atoms with Crippen LogP contribution in [0.15, 0.2) is 30.6 Å². The lowest BCUT2D eigenvalue weighted by Crippen LogP contribution is -1.86. The van der Waals surface area contributed by atoms with E-state index in [1.807, 2.05) is 25.1 Å². The van der Waals surface area contributed by atoms with E-state index >= 15 is 0 Å². The van der Waals surface area contributed by atoms with Gasteiger partial charge in [0, 0.05) is 23.3 Å². The maximum Gasteiger partial charge on any atom is 0.150 e. The van der Waals surface area contributed by atoms with Gasteiger partial charge in [0.05, 0.1) is 0 Å². The van der Waals surface area contributed by atoms with Gasteiger partial charge in [0.1, 0.15) is 0 Å². The Morgan fingerprint density at radius 3 is 2.85 bits per heavy atom. The average Bonchev–Trinajstić information content (AvgIpc) is 2.19. The molecule has 2 rings (SSSR count). The molecule has 0 saturated heterocycles. The lowest BCUT2D eigenvalue weighted by molar-refractivity contribution is 0.112. The van der Waals surface area contributed by atoms with Crippen molar-refractivity contribution in [3.63, 3.8) is 0 Å². The van der Waals surface area contributed by atoms with Crippen molar-refractivity contribution in [3.05, 3.63) is 41.7 Å². The van der Waals surface area contributed by atoms with Crippen molar-refractivity contribution in [2.45, 2.75) is 6.92 Å². The van der Waals surface area contributed by atoms with Gasteiger partial charge in [0.25, 0.3) is 0 Å². The second-order valence-corrected chi connectivity index (χ2v) is 3.01. The SMILES string of the molecule is Cc1ccc(C=O)c2ccncc12. The third-order valence-electron chi connectivity index (χ3n) is 2.20. The Hall–Kier alpha value is -1.70. The van der Waals surface area contributed by atoms with Gasteiger partial charge in [-0.05, 0) is 23.9 Å².